The minimum Gasteiger partial charge on any atom is -0.464 e. The number of aliphatic hydroxyl groups is 1. The summed E-state index contributed by atoms with van der Waals surface area (Å²) in [5, 5.41) is 10.9. The van der Waals surface area contributed by atoms with E-state index in [1.54, 1.807) is 13.8 Å². The van der Waals surface area contributed by atoms with Gasteiger partial charge in [-0.3, -0.25) is 4.79 Å². The van der Waals surface area contributed by atoms with Gasteiger partial charge in [-0.1, -0.05) is 0 Å². The molecule has 0 rings (SSSR count). The Balaban J connectivity index is 3.75. The lowest BCUT2D eigenvalue weighted by Crippen LogP contribution is -2.39. The predicted molar refractivity (Wildman–Crippen MR) is 50.6 cm³/mol. The molecule has 0 aliphatic rings. The number of rotatable bonds is 6. The number of esters is 1. The molecule has 0 bridgehead atoms. The molecule has 14 heavy (non-hydrogen) atoms. The van der Waals surface area contributed by atoms with Crippen molar-refractivity contribution < 1.29 is 19.4 Å². The molecule has 0 spiro atoms. The normalized spacial score (nSPS) is 11.9. The summed E-state index contributed by atoms with van der Waals surface area (Å²) in [7, 11) is 0. The van der Waals surface area contributed by atoms with Gasteiger partial charge in [-0.05, 0) is 20.3 Å². The summed E-state index contributed by atoms with van der Waals surface area (Å²) < 4.78 is 4.71. The van der Waals surface area contributed by atoms with Crippen LogP contribution in [0.3, 0.4) is 0 Å². The van der Waals surface area contributed by atoms with Gasteiger partial charge in [-0.15, -0.1) is 0 Å². The van der Waals surface area contributed by atoms with E-state index < -0.39 is 12.0 Å². The highest BCUT2D eigenvalue weighted by Crippen LogP contribution is 1.92. The number of carbonyl (C=O) groups is 2. The van der Waals surface area contributed by atoms with Crippen molar-refractivity contribution in [1.82, 2.24) is 5.32 Å². The molecule has 2 N–H and O–H groups in total. The molecule has 1 atom stereocenters. The Morgan fingerprint density at radius 2 is 2.14 bits per heavy atom. The number of carbonyl (C=O) groups excluding carboxylic acids is 2. The molecule has 1 amide bonds. The van der Waals surface area contributed by atoms with Gasteiger partial charge >= 0.3 is 5.97 Å². The number of aliphatic hydroxyl groups excluding tert-OH is 1. The Labute approximate surface area is 83.4 Å². The molecule has 0 fully saturated rings. The third-order valence-corrected chi connectivity index (χ3v) is 1.58. The topological polar surface area (TPSA) is 75.6 Å². The van der Waals surface area contributed by atoms with E-state index in [1.807, 2.05) is 0 Å². The van der Waals surface area contributed by atoms with Crippen molar-refractivity contribution in [3.05, 3.63) is 0 Å². The predicted octanol–water partition coefficient (Wildman–Crippen LogP) is -0.173. The fourth-order valence-electron chi connectivity index (χ4n) is 0.879. The molecule has 0 aliphatic heterocycles. The van der Waals surface area contributed by atoms with Gasteiger partial charge in [0.2, 0.25) is 5.91 Å². The molecule has 0 saturated heterocycles. The summed E-state index contributed by atoms with van der Waals surface area (Å²) in [6.07, 6.45) is 0.627. The second kappa shape index (κ2) is 7.32. The number of nitrogens with one attached hydrogen (secondary N) is 1. The SMILES string of the molecule is CCOC(=O)C(C)NC(=O)CCCO. The van der Waals surface area contributed by atoms with Crippen LogP contribution >= 0.6 is 0 Å². The van der Waals surface area contributed by atoms with Gasteiger partial charge in [0.15, 0.2) is 0 Å². The fraction of sp³-hybridized carbons (Fsp3) is 0.778. The lowest BCUT2D eigenvalue weighted by atomic mass is 10.2. The molecule has 82 valence electrons. The van der Waals surface area contributed by atoms with Crippen LogP contribution in [0.25, 0.3) is 0 Å². The van der Waals surface area contributed by atoms with E-state index in [0.29, 0.717) is 13.0 Å². The van der Waals surface area contributed by atoms with Crippen LogP contribution in [-0.2, 0) is 14.3 Å². The number of ether oxygens (including phenoxy) is 1. The van der Waals surface area contributed by atoms with Crippen molar-refractivity contribution in [2.45, 2.75) is 32.7 Å². The van der Waals surface area contributed by atoms with E-state index in [2.05, 4.69) is 5.32 Å². The van der Waals surface area contributed by atoms with Crippen LogP contribution in [0.15, 0.2) is 0 Å². The van der Waals surface area contributed by atoms with E-state index in [9.17, 15) is 9.59 Å². The summed E-state index contributed by atoms with van der Waals surface area (Å²) in [5.74, 6) is -0.690. The van der Waals surface area contributed by atoms with Crippen LogP contribution in [0.1, 0.15) is 26.7 Å². The summed E-state index contributed by atoms with van der Waals surface area (Å²) in [4.78, 5) is 22.2. The Bertz CT molecular complexity index is 193. The molecule has 5 heteroatoms. The first kappa shape index (κ1) is 12.9. The molecule has 0 radical (unpaired) electrons. The molecular formula is C9H17NO4. The lowest BCUT2D eigenvalue weighted by Gasteiger charge is -2.11. The van der Waals surface area contributed by atoms with Crippen molar-refractivity contribution in [2.75, 3.05) is 13.2 Å². The van der Waals surface area contributed by atoms with Crippen LogP contribution < -0.4 is 5.32 Å². The molecular weight excluding hydrogens is 186 g/mol. The molecule has 0 aromatic heterocycles. The van der Waals surface area contributed by atoms with Gasteiger partial charge in [0.25, 0.3) is 0 Å². The zero-order chi connectivity index (χ0) is 11.0. The van der Waals surface area contributed by atoms with Gasteiger partial charge in [-0.2, -0.15) is 0 Å². The third kappa shape index (κ3) is 5.53. The van der Waals surface area contributed by atoms with Crippen molar-refractivity contribution in [1.29, 1.82) is 0 Å². The number of amides is 1. The van der Waals surface area contributed by atoms with Crippen LogP contribution in [0.5, 0.6) is 0 Å². The average molecular weight is 203 g/mol. The lowest BCUT2D eigenvalue weighted by molar-refractivity contribution is -0.146. The first-order chi connectivity index (χ1) is 6.61. The Hall–Kier alpha value is -1.10. The molecule has 1 unspecified atom stereocenters. The van der Waals surface area contributed by atoms with Crippen molar-refractivity contribution in [3.8, 4) is 0 Å². The van der Waals surface area contributed by atoms with Crippen molar-refractivity contribution in [2.24, 2.45) is 0 Å². The van der Waals surface area contributed by atoms with E-state index in [4.69, 9.17) is 9.84 Å². The van der Waals surface area contributed by atoms with E-state index in [0.717, 1.165) is 0 Å². The largest absolute Gasteiger partial charge is 0.464 e. The highest BCUT2D eigenvalue weighted by atomic mass is 16.5. The minimum absolute atomic E-state index is 0.0266. The van der Waals surface area contributed by atoms with Crippen LogP contribution in [0, 0.1) is 0 Å². The van der Waals surface area contributed by atoms with Crippen molar-refractivity contribution >= 4 is 11.9 Å². The first-order valence-corrected chi connectivity index (χ1v) is 4.68. The number of hydrogen-bond donors (Lipinski definition) is 2. The molecule has 0 aromatic rings. The van der Waals surface area contributed by atoms with Gasteiger partial charge in [0.1, 0.15) is 6.04 Å². The third-order valence-electron chi connectivity index (χ3n) is 1.58. The Morgan fingerprint density at radius 3 is 2.64 bits per heavy atom. The zero-order valence-electron chi connectivity index (χ0n) is 8.58. The first-order valence-electron chi connectivity index (χ1n) is 4.68. The maximum atomic E-state index is 11.1. The molecule has 0 aliphatic carbocycles. The van der Waals surface area contributed by atoms with Crippen LogP contribution in [0.2, 0.25) is 0 Å². The molecule has 0 aromatic carbocycles. The smallest absolute Gasteiger partial charge is 0.328 e. The monoisotopic (exact) mass is 203 g/mol. The summed E-state index contributed by atoms with van der Waals surface area (Å²) in [6.45, 7) is 3.55. The van der Waals surface area contributed by atoms with Gasteiger partial charge in [-0.25, -0.2) is 4.79 Å². The average Bonchev–Trinajstić information content (AvgIpc) is 2.15. The van der Waals surface area contributed by atoms with E-state index in [1.165, 1.54) is 0 Å². The maximum Gasteiger partial charge on any atom is 0.328 e. The van der Waals surface area contributed by atoms with Crippen molar-refractivity contribution in [3.63, 3.8) is 0 Å². The standard InChI is InChI=1S/C9H17NO4/c1-3-14-9(13)7(2)10-8(12)5-4-6-11/h7,11H,3-6H2,1-2H3,(H,10,12). The van der Waals surface area contributed by atoms with Crippen LogP contribution in [-0.4, -0.2) is 36.2 Å². The fourth-order valence-corrected chi connectivity index (χ4v) is 0.879. The molecule has 0 heterocycles. The summed E-state index contributed by atoms with van der Waals surface area (Å²) in [6, 6.07) is -0.624. The zero-order valence-corrected chi connectivity index (χ0v) is 8.58. The number of hydrogen-bond acceptors (Lipinski definition) is 4. The Morgan fingerprint density at radius 1 is 1.50 bits per heavy atom. The minimum atomic E-state index is -0.624. The quantitative estimate of drug-likeness (QED) is 0.587. The van der Waals surface area contributed by atoms with Gasteiger partial charge in [0.05, 0.1) is 6.61 Å². The highest BCUT2D eigenvalue weighted by molar-refractivity contribution is 5.84. The van der Waals surface area contributed by atoms with E-state index in [-0.39, 0.29) is 18.9 Å². The van der Waals surface area contributed by atoms with Gasteiger partial charge < -0.3 is 15.2 Å². The Kier molecular flexibility index (Phi) is 6.74. The molecule has 0 saturated carbocycles. The summed E-state index contributed by atoms with van der Waals surface area (Å²) in [5.41, 5.74) is 0. The highest BCUT2D eigenvalue weighted by Gasteiger charge is 2.15. The summed E-state index contributed by atoms with van der Waals surface area (Å²) >= 11 is 0. The maximum absolute atomic E-state index is 11.1. The van der Waals surface area contributed by atoms with Crippen LogP contribution in [0.4, 0.5) is 0 Å². The second-order valence-corrected chi connectivity index (χ2v) is 2.87. The van der Waals surface area contributed by atoms with Gasteiger partial charge in [0, 0.05) is 13.0 Å². The molecule has 5 nitrogen and oxygen atoms in total. The second-order valence-electron chi connectivity index (χ2n) is 2.87. The van der Waals surface area contributed by atoms with E-state index >= 15 is 0 Å².